The zero-order valence-electron chi connectivity index (χ0n) is 20.8. The van der Waals surface area contributed by atoms with E-state index in [9.17, 15) is 5.11 Å². The lowest BCUT2D eigenvalue weighted by Crippen LogP contribution is -2.34. The zero-order chi connectivity index (χ0) is 24.1. The number of aliphatic hydroxyl groups is 1. The van der Waals surface area contributed by atoms with Crippen LogP contribution in [0.4, 0.5) is 0 Å². The van der Waals surface area contributed by atoms with Crippen molar-refractivity contribution in [2.24, 2.45) is 0 Å². The fourth-order valence-electron chi connectivity index (χ4n) is 4.35. The van der Waals surface area contributed by atoms with Gasteiger partial charge in [0.1, 0.15) is 11.5 Å². The van der Waals surface area contributed by atoms with Crippen LogP contribution in [0.1, 0.15) is 63.6 Å². The van der Waals surface area contributed by atoms with Crippen LogP contribution in [0.2, 0.25) is 0 Å². The second-order valence-corrected chi connectivity index (χ2v) is 9.45. The first kappa shape index (κ1) is 24.3. The van der Waals surface area contributed by atoms with E-state index >= 15 is 0 Å². The molecule has 4 rings (SSSR count). The van der Waals surface area contributed by atoms with Gasteiger partial charge in [-0.3, -0.25) is 4.90 Å². The zero-order valence-corrected chi connectivity index (χ0v) is 20.8. The third-order valence-corrected chi connectivity index (χ3v) is 6.28. The highest BCUT2D eigenvalue weighted by molar-refractivity contribution is 5.46. The van der Waals surface area contributed by atoms with Crippen molar-refractivity contribution in [2.45, 2.75) is 71.1 Å². The minimum atomic E-state index is -0.316. The predicted octanol–water partition coefficient (Wildman–Crippen LogP) is 5.92. The van der Waals surface area contributed by atoms with Crippen molar-refractivity contribution in [2.75, 3.05) is 13.7 Å². The SMILES string of the molecule is CCC[C@@H](O)CN(Cc1c(C(C)C)nn(-c2ccc(OC)cc2)c1Oc1ccccc1)C1CC1. The quantitative estimate of drug-likeness (QED) is 0.361. The van der Waals surface area contributed by atoms with Crippen molar-refractivity contribution in [1.29, 1.82) is 0 Å². The minimum Gasteiger partial charge on any atom is -0.497 e. The molecule has 0 aliphatic heterocycles. The molecule has 3 aromatic rings. The lowest BCUT2D eigenvalue weighted by molar-refractivity contribution is 0.0960. The average Bonchev–Trinajstić information content (AvgIpc) is 3.63. The van der Waals surface area contributed by atoms with Crippen LogP contribution in [0.5, 0.6) is 17.4 Å². The Morgan fingerprint density at radius 2 is 1.76 bits per heavy atom. The molecular formula is C28H37N3O3. The van der Waals surface area contributed by atoms with E-state index < -0.39 is 0 Å². The highest BCUT2D eigenvalue weighted by Gasteiger charge is 2.33. The molecule has 0 radical (unpaired) electrons. The minimum absolute atomic E-state index is 0.231. The van der Waals surface area contributed by atoms with Crippen molar-refractivity contribution in [3.8, 4) is 23.1 Å². The highest BCUT2D eigenvalue weighted by Crippen LogP contribution is 2.37. The molecule has 1 fully saturated rings. The number of methoxy groups -OCH3 is 1. The lowest BCUT2D eigenvalue weighted by atomic mass is 10.0. The molecule has 0 bridgehead atoms. The Hall–Kier alpha value is -2.83. The van der Waals surface area contributed by atoms with Crippen LogP contribution < -0.4 is 9.47 Å². The van der Waals surface area contributed by atoms with Crippen molar-refractivity contribution in [1.82, 2.24) is 14.7 Å². The highest BCUT2D eigenvalue weighted by atomic mass is 16.5. The second kappa shape index (κ2) is 11.1. The molecule has 1 saturated carbocycles. The number of para-hydroxylation sites is 1. The van der Waals surface area contributed by atoms with E-state index in [1.807, 2.05) is 59.3 Å². The van der Waals surface area contributed by atoms with E-state index in [0.29, 0.717) is 19.1 Å². The smallest absolute Gasteiger partial charge is 0.227 e. The van der Waals surface area contributed by atoms with Gasteiger partial charge in [-0.05, 0) is 61.6 Å². The monoisotopic (exact) mass is 463 g/mol. The largest absolute Gasteiger partial charge is 0.497 e. The third kappa shape index (κ3) is 5.80. The fourth-order valence-corrected chi connectivity index (χ4v) is 4.35. The van der Waals surface area contributed by atoms with Crippen LogP contribution in [-0.2, 0) is 6.54 Å². The molecule has 6 nitrogen and oxygen atoms in total. The summed E-state index contributed by atoms with van der Waals surface area (Å²) >= 11 is 0. The van der Waals surface area contributed by atoms with Crippen molar-refractivity contribution >= 4 is 0 Å². The molecule has 0 spiro atoms. The number of ether oxygens (including phenoxy) is 2. The predicted molar refractivity (Wildman–Crippen MR) is 135 cm³/mol. The molecule has 0 unspecified atom stereocenters. The maximum absolute atomic E-state index is 10.6. The normalized spacial score (nSPS) is 14.6. The summed E-state index contributed by atoms with van der Waals surface area (Å²) in [5.41, 5.74) is 3.03. The first-order chi connectivity index (χ1) is 16.5. The molecule has 1 aliphatic carbocycles. The van der Waals surface area contributed by atoms with Gasteiger partial charge >= 0.3 is 0 Å². The van der Waals surface area contributed by atoms with Crippen molar-refractivity contribution in [3.05, 3.63) is 65.9 Å². The molecule has 2 aromatic carbocycles. The number of aliphatic hydroxyl groups excluding tert-OH is 1. The van der Waals surface area contributed by atoms with Gasteiger partial charge in [0.05, 0.1) is 30.2 Å². The van der Waals surface area contributed by atoms with E-state index in [1.165, 1.54) is 12.8 Å². The van der Waals surface area contributed by atoms with Crippen LogP contribution in [0, 0.1) is 0 Å². The maximum Gasteiger partial charge on any atom is 0.227 e. The van der Waals surface area contributed by atoms with Crippen LogP contribution in [0.3, 0.4) is 0 Å². The van der Waals surface area contributed by atoms with Crippen LogP contribution in [0.15, 0.2) is 54.6 Å². The molecule has 1 aliphatic rings. The topological polar surface area (TPSA) is 59.8 Å². The molecule has 1 atom stereocenters. The first-order valence-electron chi connectivity index (χ1n) is 12.4. The Labute approximate surface area is 203 Å². The Morgan fingerprint density at radius 1 is 1.06 bits per heavy atom. The number of rotatable bonds is 12. The van der Waals surface area contributed by atoms with Crippen molar-refractivity contribution < 1.29 is 14.6 Å². The number of hydrogen-bond acceptors (Lipinski definition) is 5. The number of benzene rings is 2. The summed E-state index contributed by atoms with van der Waals surface area (Å²) in [5, 5.41) is 15.6. The van der Waals surface area contributed by atoms with Gasteiger partial charge < -0.3 is 14.6 Å². The van der Waals surface area contributed by atoms with Crippen LogP contribution in [-0.4, -0.2) is 45.6 Å². The average molecular weight is 464 g/mol. The number of nitrogens with zero attached hydrogens (tertiary/aromatic N) is 3. The van der Waals surface area contributed by atoms with E-state index in [2.05, 4.69) is 25.7 Å². The van der Waals surface area contributed by atoms with Gasteiger partial charge in [-0.25, -0.2) is 4.68 Å². The fraction of sp³-hybridized carbons (Fsp3) is 0.464. The molecule has 6 heteroatoms. The van der Waals surface area contributed by atoms with E-state index in [0.717, 1.165) is 47.2 Å². The molecule has 1 heterocycles. The summed E-state index contributed by atoms with van der Waals surface area (Å²) in [6, 6.07) is 18.3. The summed E-state index contributed by atoms with van der Waals surface area (Å²) in [6.07, 6.45) is 3.84. The first-order valence-corrected chi connectivity index (χ1v) is 12.4. The third-order valence-electron chi connectivity index (χ3n) is 6.28. The van der Waals surface area contributed by atoms with Gasteiger partial charge in [-0.1, -0.05) is 45.4 Å². The standard InChI is InChI=1S/C28H37N3O3/c1-5-9-23(32)18-30(21-12-13-21)19-26-27(20(2)3)29-31(22-14-16-24(33-4)17-15-22)28(26)34-25-10-7-6-8-11-25/h6-8,10-11,14-17,20-21,23,32H,5,9,12-13,18-19H2,1-4H3/t23-/m1/s1. The molecule has 182 valence electrons. The van der Waals surface area contributed by atoms with Crippen LogP contribution >= 0.6 is 0 Å². The molecular weight excluding hydrogens is 426 g/mol. The van der Waals surface area contributed by atoms with Gasteiger partial charge in [-0.15, -0.1) is 0 Å². The van der Waals surface area contributed by atoms with Crippen LogP contribution in [0.25, 0.3) is 5.69 Å². The Morgan fingerprint density at radius 3 is 2.35 bits per heavy atom. The molecule has 1 N–H and O–H groups in total. The summed E-state index contributed by atoms with van der Waals surface area (Å²) < 4.78 is 13.8. The number of hydrogen-bond donors (Lipinski definition) is 1. The summed E-state index contributed by atoms with van der Waals surface area (Å²) in [4.78, 5) is 2.42. The molecule has 0 saturated heterocycles. The Balaban J connectivity index is 1.76. The summed E-state index contributed by atoms with van der Waals surface area (Å²) in [6.45, 7) is 7.84. The van der Waals surface area contributed by atoms with Gasteiger partial charge in [0, 0.05) is 19.1 Å². The Bertz CT molecular complexity index is 1040. The van der Waals surface area contributed by atoms with Gasteiger partial charge in [-0.2, -0.15) is 5.10 Å². The van der Waals surface area contributed by atoms with Gasteiger partial charge in [0.25, 0.3) is 0 Å². The molecule has 0 amide bonds. The van der Waals surface area contributed by atoms with Gasteiger partial charge in [0.2, 0.25) is 5.88 Å². The van der Waals surface area contributed by atoms with Gasteiger partial charge in [0.15, 0.2) is 0 Å². The Kier molecular flexibility index (Phi) is 7.91. The molecule has 1 aromatic heterocycles. The maximum atomic E-state index is 10.6. The molecule has 34 heavy (non-hydrogen) atoms. The number of aromatic nitrogens is 2. The van der Waals surface area contributed by atoms with Crippen molar-refractivity contribution in [3.63, 3.8) is 0 Å². The van der Waals surface area contributed by atoms with E-state index in [-0.39, 0.29) is 12.0 Å². The summed E-state index contributed by atoms with van der Waals surface area (Å²) in [7, 11) is 1.67. The van der Waals surface area contributed by atoms with E-state index in [1.54, 1.807) is 7.11 Å². The summed E-state index contributed by atoms with van der Waals surface area (Å²) in [5.74, 6) is 2.54. The lowest BCUT2D eigenvalue weighted by Gasteiger charge is -2.25. The second-order valence-electron chi connectivity index (χ2n) is 9.45. The van der Waals surface area contributed by atoms with E-state index in [4.69, 9.17) is 14.6 Å².